The number of aryl methyl sites for hydroxylation is 1. The van der Waals surface area contributed by atoms with Crippen molar-refractivity contribution < 1.29 is 9.90 Å². The maximum absolute atomic E-state index is 12.1. The molecule has 1 heterocycles. The summed E-state index contributed by atoms with van der Waals surface area (Å²) in [5, 5.41) is 8.70. The Hall–Kier alpha value is -2.08. The van der Waals surface area contributed by atoms with Gasteiger partial charge < -0.3 is 10.1 Å². The van der Waals surface area contributed by atoms with Gasteiger partial charge in [-0.3, -0.25) is 9.59 Å². The molecule has 0 aliphatic carbocycles. The summed E-state index contributed by atoms with van der Waals surface area (Å²) in [5.74, 6) is -0.422. The number of nitrogens with one attached hydrogen (secondary N) is 1. The van der Waals surface area contributed by atoms with Gasteiger partial charge in [-0.25, -0.2) is 4.98 Å². The standard InChI is InChI=1S/C15H16N2O3S/c1-9-12(7-8-13(18)19)15(20)17-14(16-9)10-3-5-11(21-2)6-4-10/h3-6H,7-8H2,1-2H3,(H,18,19)(H,16,17,20). The number of hydrogen-bond acceptors (Lipinski definition) is 4. The first-order chi connectivity index (χ1) is 10.0. The fourth-order valence-corrected chi connectivity index (χ4v) is 2.43. The van der Waals surface area contributed by atoms with Crippen molar-refractivity contribution in [2.45, 2.75) is 24.7 Å². The van der Waals surface area contributed by atoms with Crippen LogP contribution in [0.4, 0.5) is 0 Å². The largest absolute Gasteiger partial charge is 0.481 e. The summed E-state index contributed by atoms with van der Waals surface area (Å²) in [7, 11) is 0. The fraction of sp³-hybridized carbons (Fsp3) is 0.267. The Kier molecular flexibility index (Phi) is 4.80. The van der Waals surface area contributed by atoms with Gasteiger partial charge >= 0.3 is 5.97 Å². The van der Waals surface area contributed by atoms with Crippen LogP contribution in [0.1, 0.15) is 17.7 Å². The number of thioether (sulfide) groups is 1. The van der Waals surface area contributed by atoms with E-state index in [-0.39, 0.29) is 18.4 Å². The highest BCUT2D eigenvalue weighted by atomic mass is 32.2. The van der Waals surface area contributed by atoms with Crippen molar-refractivity contribution in [3.05, 3.63) is 45.9 Å². The highest BCUT2D eigenvalue weighted by Crippen LogP contribution is 2.20. The summed E-state index contributed by atoms with van der Waals surface area (Å²) in [6.45, 7) is 1.73. The lowest BCUT2D eigenvalue weighted by atomic mass is 10.1. The van der Waals surface area contributed by atoms with Crippen LogP contribution in [0.25, 0.3) is 11.4 Å². The van der Waals surface area contributed by atoms with Crippen LogP contribution in [-0.4, -0.2) is 27.3 Å². The molecule has 5 nitrogen and oxygen atoms in total. The molecule has 0 aliphatic rings. The lowest BCUT2D eigenvalue weighted by Crippen LogP contribution is -2.18. The molecule has 0 fully saturated rings. The van der Waals surface area contributed by atoms with Crippen molar-refractivity contribution in [2.75, 3.05) is 6.26 Å². The van der Waals surface area contributed by atoms with Gasteiger partial charge in [0.25, 0.3) is 5.56 Å². The number of benzene rings is 1. The Morgan fingerprint density at radius 2 is 2.00 bits per heavy atom. The van der Waals surface area contributed by atoms with Gasteiger partial charge in [0.15, 0.2) is 0 Å². The van der Waals surface area contributed by atoms with E-state index in [9.17, 15) is 9.59 Å². The normalized spacial score (nSPS) is 10.6. The predicted octanol–water partition coefficient (Wildman–Crippen LogP) is 2.48. The minimum atomic E-state index is -0.925. The number of hydrogen-bond donors (Lipinski definition) is 2. The highest BCUT2D eigenvalue weighted by Gasteiger charge is 2.11. The zero-order valence-electron chi connectivity index (χ0n) is 11.8. The van der Waals surface area contributed by atoms with Crippen molar-refractivity contribution in [1.82, 2.24) is 9.97 Å². The van der Waals surface area contributed by atoms with E-state index in [1.165, 1.54) is 0 Å². The average Bonchev–Trinajstić information content (AvgIpc) is 2.46. The molecule has 0 saturated carbocycles. The third kappa shape index (κ3) is 3.72. The van der Waals surface area contributed by atoms with E-state index in [0.29, 0.717) is 17.1 Å². The summed E-state index contributed by atoms with van der Waals surface area (Å²) in [4.78, 5) is 30.9. The molecule has 2 N–H and O–H groups in total. The number of aromatic nitrogens is 2. The number of nitrogens with zero attached hydrogens (tertiary/aromatic N) is 1. The highest BCUT2D eigenvalue weighted by molar-refractivity contribution is 7.98. The smallest absolute Gasteiger partial charge is 0.303 e. The first kappa shape index (κ1) is 15.3. The number of carboxylic acids is 1. The van der Waals surface area contributed by atoms with Crippen LogP contribution in [-0.2, 0) is 11.2 Å². The molecule has 0 saturated heterocycles. The molecule has 0 amide bonds. The second-order valence-corrected chi connectivity index (χ2v) is 5.48. The molecule has 0 bridgehead atoms. The van der Waals surface area contributed by atoms with E-state index < -0.39 is 5.97 Å². The third-order valence-electron chi connectivity index (χ3n) is 3.17. The third-order valence-corrected chi connectivity index (χ3v) is 3.92. The van der Waals surface area contributed by atoms with E-state index in [0.717, 1.165) is 10.5 Å². The number of carboxylic acid groups (broad SMARTS) is 1. The maximum Gasteiger partial charge on any atom is 0.303 e. The molecule has 110 valence electrons. The Bertz CT molecular complexity index is 708. The Morgan fingerprint density at radius 3 is 2.52 bits per heavy atom. The number of aromatic amines is 1. The molecule has 6 heteroatoms. The summed E-state index contributed by atoms with van der Waals surface area (Å²) in [6, 6.07) is 7.74. The summed E-state index contributed by atoms with van der Waals surface area (Å²) in [5.41, 5.74) is 1.57. The van der Waals surface area contributed by atoms with Crippen molar-refractivity contribution in [2.24, 2.45) is 0 Å². The van der Waals surface area contributed by atoms with E-state index in [4.69, 9.17) is 5.11 Å². The number of carbonyl (C=O) groups is 1. The van der Waals surface area contributed by atoms with Crippen LogP contribution in [0.5, 0.6) is 0 Å². The molecule has 0 radical (unpaired) electrons. The van der Waals surface area contributed by atoms with Crippen LogP contribution < -0.4 is 5.56 Å². The van der Waals surface area contributed by atoms with Crippen molar-refractivity contribution >= 4 is 17.7 Å². The Balaban J connectivity index is 2.34. The molecule has 0 atom stereocenters. The minimum absolute atomic E-state index is 0.0760. The van der Waals surface area contributed by atoms with Crippen LogP contribution in [0.3, 0.4) is 0 Å². The fourth-order valence-electron chi connectivity index (χ4n) is 2.02. The second-order valence-electron chi connectivity index (χ2n) is 4.60. The Morgan fingerprint density at radius 1 is 1.33 bits per heavy atom. The van der Waals surface area contributed by atoms with Gasteiger partial charge in [-0.05, 0) is 31.7 Å². The van der Waals surface area contributed by atoms with Gasteiger partial charge in [-0.1, -0.05) is 12.1 Å². The zero-order chi connectivity index (χ0) is 15.4. The molecule has 1 aromatic heterocycles. The summed E-state index contributed by atoms with van der Waals surface area (Å²) >= 11 is 1.64. The molecular formula is C15H16N2O3S. The first-order valence-electron chi connectivity index (χ1n) is 6.47. The quantitative estimate of drug-likeness (QED) is 0.829. The average molecular weight is 304 g/mol. The predicted molar refractivity (Wildman–Crippen MR) is 82.8 cm³/mol. The molecule has 0 unspecified atom stereocenters. The molecule has 2 rings (SSSR count). The monoisotopic (exact) mass is 304 g/mol. The molecule has 1 aromatic carbocycles. The topological polar surface area (TPSA) is 83.0 Å². The number of aliphatic carboxylic acids is 1. The van der Waals surface area contributed by atoms with E-state index in [1.807, 2.05) is 30.5 Å². The van der Waals surface area contributed by atoms with E-state index in [2.05, 4.69) is 9.97 Å². The van der Waals surface area contributed by atoms with Crippen molar-refractivity contribution in [1.29, 1.82) is 0 Å². The van der Waals surface area contributed by atoms with Crippen molar-refractivity contribution in [3.63, 3.8) is 0 Å². The van der Waals surface area contributed by atoms with Gasteiger partial charge in [0.2, 0.25) is 0 Å². The second kappa shape index (κ2) is 6.58. The SMILES string of the molecule is CSc1ccc(-c2nc(C)c(CCC(=O)O)c(=O)[nH]2)cc1. The minimum Gasteiger partial charge on any atom is -0.481 e. The number of rotatable bonds is 5. The van der Waals surface area contributed by atoms with Crippen LogP contribution in [0.15, 0.2) is 34.0 Å². The maximum atomic E-state index is 12.1. The van der Waals surface area contributed by atoms with Gasteiger partial charge in [0, 0.05) is 28.1 Å². The zero-order valence-corrected chi connectivity index (χ0v) is 12.7. The van der Waals surface area contributed by atoms with Crippen LogP contribution in [0.2, 0.25) is 0 Å². The van der Waals surface area contributed by atoms with Gasteiger partial charge in [0.05, 0.1) is 0 Å². The van der Waals surface area contributed by atoms with E-state index in [1.54, 1.807) is 18.7 Å². The Labute approximate surface area is 126 Å². The molecule has 2 aromatic rings. The van der Waals surface area contributed by atoms with Gasteiger partial charge in [-0.15, -0.1) is 11.8 Å². The number of H-pyrrole nitrogens is 1. The van der Waals surface area contributed by atoms with Crippen LogP contribution >= 0.6 is 11.8 Å². The summed E-state index contributed by atoms with van der Waals surface area (Å²) < 4.78 is 0. The van der Waals surface area contributed by atoms with Gasteiger partial charge in [-0.2, -0.15) is 0 Å². The lowest BCUT2D eigenvalue weighted by molar-refractivity contribution is -0.136. The van der Waals surface area contributed by atoms with E-state index >= 15 is 0 Å². The lowest BCUT2D eigenvalue weighted by Gasteiger charge is -2.07. The molecular weight excluding hydrogens is 288 g/mol. The van der Waals surface area contributed by atoms with Crippen molar-refractivity contribution in [3.8, 4) is 11.4 Å². The molecule has 0 spiro atoms. The van der Waals surface area contributed by atoms with Gasteiger partial charge in [0.1, 0.15) is 5.82 Å². The summed E-state index contributed by atoms with van der Waals surface area (Å²) in [6.07, 6.45) is 2.11. The molecule has 21 heavy (non-hydrogen) atoms. The van der Waals surface area contributed by atoms with Crippen LogP contribution in [0, 0.1) is 6.92 Å². The first-order valence-corrected chi connectivity index (χ1v) is 7.69. The molecule has 0 aliphatic heterocycles.